The fraction of sp³-hybridized carbons (Fsp3) is 0.455. The van der Waals surface area contributed by atoms with Crippen molar-refractivity contribution in [1.82, 2.24) is 4.90 Å². The summed E-state index contributed by atoms with van der Waals surface area (Å²) in [5.74, 6) is 2.84. The van der Waals surface area contributed by atoms with E-state index < -0.39 is 5.72 Å². The van der Waals surface area contributed by atoms with E-state index >= 15 is 0 Å². The van der Waals surface area contributed by atoms with E-state index in [4.69, 9.17) is 18.9 Å². The minimum absolute atomic E-state index is 0.0426. The highest BCUT2D eigenvalue weighted by molar-refractivity contribution is 5.58. The Morgan fingerprint density at radius 2 is 1.82 bits per heavy atom. The molecule has 2 aromatic carbocycles. The van der Waals surface area contributed by atoms with Gasteiger partial charge in [0.15, 0.2) is 28.7 Å². The Labute approximate surface area is 164 Å². The summed E-state index contributed by atoms with van der Waals surface area (Å²) < 4.78 is 23.1. The maximum atomic E-state index is 10.9. The number of hydrogen-bond donors (Lipinski definition) is 1. The minimum atomic E-state index is -0.447. The molecule has 0 spiro atoms. The molecule has 5 rings (SSSR count). The number of likely N-dealkylation sites (tertiary alicyclic amines) is 1. The molecule has 0 aromatic heterocycles. The zero-order valence-electron chi connectivity index (χ0n) is 16.2. The third-order valence-electron chi connectivity index (χ3n) is 6.19. The summed E-state index contributed by atoms with van der Waals surface area (Å²) >= 11 is 0. The van der Waals surface area contributed by atoms with Gasteiger partial charge in [0.25, 0.3) is 0 Å². The number of fused-ring (bicyclic) bond motifs is 2. The highest BCUT2D eigenvalue weighted by Crippen LogP contribution is 2.52. The number of ether oxygens (including phenoxy) is 4. The average molecular weight is 383 g/mol. The van der Waals surface area contributed by atoms with Crippen molar-refractivity contribution >= 4 is 0 Å². The van der Waals surface area contributed by atoms with E-state index in [1.54, 1.807) is 13.2 Å². The molecule has 2 atom stereocenters. The zero-order valence-corrected chi connectivity index (χ0v) is 16.2. The quantitative estimate of drug-likeness (QED) is 0.869. The Kier molecular flexibility index (Phi) is 4.05. The van der Waals surface area contributed by atoms with Crippen LogP contribution in [0.1, 0.15) is 43.2 Å². The molecule has 2 aromatic rings. The second-order valence-corrected chi connectivity index (χ2v) is 7.87. The van der Waals surface area contributed by atoms with Gasteiger partial charge in [-0.05, 0) is 31.9 Å². The summed E-state index contributed by atoms with van der Waals surface area (Å²) in [6, 6.07) is 9.58. The first-order chi connectivity index (χ1) is 13.6. The number of benzene rings is 2. The van der Waals surface area contributed by atoms with Crippen molar-refractivity contribution in [3.05, 3.63) is 41.5 Å². The van der Waals surface area contributed by atoms with Crippen molar-refractivity contribution in [1.29, 1.82) is 0 Å². The van der Waals surface area contributed by atoms with Gasteiger partial charge in [-0.15, -0.1) is 0 Å². The van der Waals surface area contributed by atoms with Gasteiger partial charge < -0.3 is 24.1 Å². The van der Waals surface area contributed by atoms with Crippen LogP contribution in [0.25, 0.3) is 0 Å². The van der Waals surface area contributed by atoms with Gasteiger partial charge in [-0.3, -0.25) is 4.90 Å². The summed E-state index contributed by atoms with van der Waals surface area (Å²) in [5, 5.41) is 10.9. The molecule has 6 nitrogen and oxygen atoms in total. The van der Waals surface area contributed by atoms with Crippen LogP contribution in [-0.2, 0) is 0 Å². The Balaban J connectivity index is 1.65. The molecular formula is C22H25NO5. The van der Waals surface area contributed by atoms with Gasteiger partial charge in [0, 0.05) is 42.6 Å². The molecule has 148 valence electrons. The predicted molar refractivity (Wildman–Crippen MR) is 104 cm³/mol. The highest BCUT2D eigenvalue weighted by atomic mass is 16.7. The number of methoxy groups -OCH3 is 1. The minimum Gasteiger partial charge on any atom is -0.504 e. The lowest BCUT2D eigenvalue weighted by molar-refractivity contribution is -0.0769. The Bertz CT molecular complexity index is 908. The Morgan fingerprint density at radius 1 is 1.07 bits per heavy atom. The summed E-state index contributed by atoms with van der Waals surface area (Å²) in [6.45, 7) is 4.41. The smallest absolute Gasteiger partial charge is 0.231 e. The van der Waals surface area contributed by atoms with Crippen molar-refractivity contribution in [3.8, 4) is 28.7 Å². The highest BCUT2D eigenvalue weighted by Gasteiger charge is 2.44. The van der Waals surface area contributed by atoms with Crippen LogP contribution in [0.5, 0.6) is 28.7 Å². The fourth-order valence-corrected chi connectivity index (χ4v) is 4.71. The summed E-state index contributed by atoms with van der Waals surface area (Å²) in [4.78, 5) is 2.41. The van der Waals surface area contributed by atoms with Crippen LogP contribution in [0.4, 0.5) is 0 Å². The van der Waals surface area contributed by atoms with E-state index in [1.807, 2.05) is 24.3 Å². The second-order valence-electron chi connectivity index (χ2n) is 7.87. The van der Waals surface area contributed by atoms with Crippen LogP contribution in [0.2, 0.25) is 0 Å². The van der Waals surface area contributed by atoms with Gasteiger partial charge in [-0.2, -0.15) is 0 Å². The summed E-state index contributed by atoms with van der Waals surface area (Å²) in [5.41, 5.74) is 1.40. The van der Waals surface area contributed by atoms with Crippen molar-refractivity contribution < 1.29 is 24.1 Å². The summed E-state index contributed by atoms with van der Waals surface area (Å²) in [7, 11) is 1.57. The maximum Gasteiger partial charge on any atom is 0.231 e. The molecule has 28 heavy (non-hydrogen) atoms. The molecule has 3 heterocycles. The van der Waals surface area contributed by atoms with Gasteiger partial charge in [-0.25, -0.2) is 0 Å². The van der Waals surface area contributed by atoms with Crippen LogP contribution in [0.15, 0.2) is 30.3 Å². The van der Waals surface area contributed by atoms with E-state index in [1.165, 1.54) is 12.8 Å². The number of hydrogen-bond acceptors (Lipinski definition) is 6. The maximum absolute atomic E-state index is 10.9. The number of rotatable bonds is 3. The van der Waals surface area contributed by atoms with Gasteiger partial charge in [0.1, 0.15) is 5.75 Å². The van der Waals surface area contributed by atoms with E-state index in [-0.39, 0.29) is 18.5 Å². The standard InChI is InChI=1S/C22H25NO5/c1-22(23-8-3-4-9-23)12-16(14-6-5-7-17(25-2)21(14)24)15-10-19-20(27-13-26-19)11-18(15)28-22/h5-7,10-11,16,24H,3-4,8-9,12-13H2,1-2H3/t16-,22-/m0/s1. The first-order valence-corrected chi connectivity index (χ1v) is 9.82. The lowest BCUT2D eigenvalue weighted by Gasteiger charge is -2.45. The normalized spacial score (nSPS) is 26.0. The molecule has 1 fully saturated rings. The number of nitrogens with zero attached hydrogens (tertiary/aromatic N) is 1. The average Bonchev–Trinajstić information content (AvgIpc) is 3.38. The predicted octanol–water partition coefficient (Wildman–Crippen LogP) is 3.86. The van der Waals surface area contributed by atoms with Crippen molar-refractivity contribution in [2.24, 2.45) is 0 Å². The molecule has 1 saturated heterocycles. The molecule has 3 aliphatic rings. The first kappa shape index (κ1) is 17.5. The lowest BCUT2D eigenvalue weighted by atomic mass is 9.81. The zero-order chi connectivity index (χ0) is 19.3. The van der Waals surface area contributed by atoms with Gasteiger partial charge in [0.2, 0.25) is 6.79 Å². The lowest BCUT2D eigenvalue weighted by Crippen LogP contribution is -2.52. The first-order valence-electron chi connectivity index (χ1n) is 9.82. The monoisotopic (exact) mass is 383 g/mol. The Morgan fingerprint density at radius 3 is 2.57 bits per heavy atom. The molecule has 3 aliphatic heterocycles. The van der Waals surface area contributed by atoms with Crippen molar-refractivity contribution in [2.75, 3.05) is 27.0 Å². The van der Waals surface area contributed by atoms with Crippen LogP contribution in [0.3, 0.4) is 0 Å². The van der Waals surface area contributed by atoms with Crippen molar-refractivity contribution in [2.45, 2.75) is 37.8 Å². The third-order valence-corrected chi connectivity index (χ3v) is 6.19. The van der Waals surface area contributed by atoms with E-state index in [2.05, 4.69) is 11.8 Å². The van der Waals surface area contributed by atoms with Gasteiger partial charge in [0.05, 0.1) is 7.11 Å². The Hall–Kier alpha value is -2.60. The summed E-state index contributed by atoms with van der Waals surface area (Å²) in [6.07, 6.45) is 3.10. The topological polar surface area (TPSA) is 60.4 Å². The molecule has 6 heteroatoms. The molecule has 0 bridgehead atoms. The molecule has 1 N–H and O–H groups in total. The van der Waals surface area contributed by atoms with E-state index in [0.717, 1.165) is 42.1 Å². The van der Waals surface area contributed by atoms with Crippen LogP contribution in [0, 0.1) is 0 Å². The molecule has 0 saturated carbocycles. The van der Waals surface area contributed by atoms with Crippen LogP contribution >= 0.6 is 0 Å². The second kappa shape index (κ2) is 6.48. The fourth-order valence-electron chi connectivity index (χ4n) is 4.71. The molecular weight excluding hydrogens is 358 g/mol. The van der Waals surface area contributed by atoms with Gasteiger partial charge >= 0.3 is 0 Å². The van der Waals surface area contributed by atoms with Crippen LogP contribution < -0.4 is 18.9 Å². The van der Waals surface area contributed by atoms with Crippen molar-refractivity contribution in [3.63, 3.8) is 0 Å². The van der Waals surface area contributed by atoms with E-state index in [0.29, 0.717) is 11.5 Å². The number of phenolic OH excluding ortho intramolecular Hbond substituents is 1. The SMILES string of the molecule is COc1cccc([C@@H]2C[C@@](C)(N3CCCC3)Oc3cc4c(cc32)OCO4)c1O. The third kappa shape index (κ3) is 2.66. The van der Waals surface area contributed by atoms with E-state index in [9.17, 15) is 5.11 Å². The van der Waals surface area contributed by atoms with Gasteiger partial charge in [-0.1, -0.05) is 12.1 Å². The molecule has 0 amide bonds. The largest absolute Gasteiger partial charge is 0.504 e. The number of para-hydroxylation sites is 1. The molecule has 0 unspecified atom stereocenters. The number of phenols is 1. The molecule has 0 aliphatic carbocycles. The van der Waals surface area contributed by atoms with Crippen LogP contribution in [-0.4, -0.2) is 42.7 Å². The molecule has 0 radical (unpaired) electrons. The number of aromatic hydroxyl groups is 1.